The molecule has 120 valence electrons. The molecule has 0 heterocycles. The lowest BCUT2D eigenvalue weighted by Gasteiger charge is -2.10. The van der Waals surface area contributed by atoms with E-state index >= 15 is 0 Å². The maximum Gasteiger partial charge on any atom is 0.104 e. The van der Waals surface area contributed by atoms with Crippen LogP contribution in [0.15, 0.2) is 83.0 Å². The van der Waals surface area contributed by atoms with E-state index in [0.29, 0.717) is 15.7 Å². The van der Waals surface area contributed by atoms with Gasteiger partial charge in [0.1, 0.15) is 5.69 Å². The molecule has 0 aliphatic rings. The normalized spacial score (nSPS) is 10.8. The summed E-state index contributed by atoms with van der Waals surface area (Å²) in [6.07, 6.45) is 0. The minimum Gasteiger partial charge on any atom is -0.301 e. The molecule has 3 aromatic rings. The Morgan fingerprint density at radius 1 is 0.625 bits per heavy atom. The summed E-state index contributed by atoms with van der Waals surface area (Å²) >= 11 is 12.1. The first kappa shape index (κ1) is 16.3. The molecule has 0 atom stereocenters. The minimum absolute atomic E-state index is 0.573. The Balaban J connectivity index is 1.63. The number of hydrogen-bond donors (Lipinski definition) is 2. The van der Waals surface area contributed by atoms with E-state index in [4.69, 9.17) is 23.2 Å². The van der Waals surface area contributed by atoms with Gasteiger partial charge < -0.3 is 5.43 Å². The second-order valence-corrected chi connectivity index (χ2v) is 5.74. The van der Waals surface area contributed by atoms with E-state index < -0.39 is 0 Å². The van der Waals surface area contributed by atoms with E-state index in [1.165, 1.54) is 0 Å². The van der Waals surface area contributed by atoms with Crippen molar-refractivity contribution in [3.8, 4) is 0 Å². The number of nitrogens with one attached hydrogen (secondary N) is 2. The highest BCUT2D eigenvalue weighted by Crippen LogP contribution is 2.26. The first-order chi connectivity index (χ1) is 11.7. The van der Waals surface area contributed by atoms with Crippen molar-refractivity contribution in [3.63, 3.8) is 0 Å². The van der Waals surface area contributed by atoms with Crippen LogP contribution in [-0.4, -0.2) is 0 Å². The van der Waals surface area contributed by atoms with Crippen LogP contribution in [0.1, 0.15) is 0 Å². The van der Waals surface area contributed by atoms with Crippen molar-refractivity contribution in [2.45, 2.75) is 0 Å². The van der Waals surface area contributed by atoms with Gasteiger partial charge in [-0.1, -0.05) is 47.5 Å². The van der Waals surface area contributed by atoms with Gasteiger partial charge in [-0.3, -0.25) is 5.43 Å². The van der Waals surface area contributed by atoms with Crippen LogP contribution in [0.25, 0.3) is 0 Å². The number of benzene rings is 3. The van der Waals surface area contributed by atoms with Gasteiger partial charge in [0, 0.05) is 0 Å². The van der Waals surface area contributed by atoms with Crippen molar-refractivity contribution >= 4 is 46.0 Å². The van der Waals surface area contributed by atoms with Gasteiger partial charge in [-0.15, -0.1) is 5.11 Å². The van der Waals surface area contributed by atoms with Crippen LogP contribution in [0.2, 0.25) is 10.0 Å². The Bertz CT molecular complexity index is 848. The van der Waals surface area contributed by atoms with E-state index in [1.54, 1.807) is 6.07 Å². The summed E-state index contributed by atoms with van der Waals surface area (Å²) in [6.45, 7) is 0. The van der Waals surface area contributed by atoms with Crippen molar-refractivity contribution in [2.24, 2.45) is 10.2 Å². The molecule has 0 bridgehead atoms. The zero-order valence-electron chi connectivity index (χ0n) is 12.6. The first-order valence-corrected chi connectivity index (χ1v) is 8.01. The molecule has 0 unspecified atom stereocenters. The fourth-order valence-corrected chi connectivity index (χ4v) is 2.31. The molecule has 0 saturated heterocycles. The Morgan fingerprint density at radius 2 is 1.29 bits per heavy atom. The van der Waals surface area contributed by atoms with Crippen LogP contribution in [-0.2, 0) is 0 Å². The van der Waals surface area contributed by atoms with Crippen molar-refractivity contribution in [1.29, 1.82) is 0 Å². The number of rotatable bonds is 5. The number of halogens is 2. The Labute approximate surface area is 150 Å². The quantitative estimate of drug-likeness (QED) is 0.388. The minimum atomic E-state index is 0.573. The van der Waals surface area contributed by atoms with Crippen LogP contribution in [0.5, 0.6) is 0 Å². The van der Waals surface area contributed by atoms with Gasteiger partial charge in [-0.2, -0.15) is 5.11 Å². The third-order valence-electron chi connectivity index (χ3n) is 3.21. The lowest BCUT2D eigenvalue weighted by Crippen LogP contribution is -2.08. The van der Waals surface area contributed by atoms with E-state index in [1.807, 2.05) is 66.7 Å². The van der Waals surface area contributed by atoms with Crippen LogP contribution in [0.3, 0.4) is 0 Å². The van der Waals surface area contributed by atoms with Crippen molar-refractivity contribution in [1.82, 2.24) is 0 Å². The Hall–Kier alpha value is -2.56. The molecule has 0 aliphatic heterocycles. The number of hydrazine groups is 1. The topological polar surface area (TPSA) is 48.8 Å². The van der Waals surface area contributed by atoms with Crippen LogP contribution in [0, 0.1) is 0 Å². The molecule has 6 heteroatoms. The summed E-state index contributed by atoms with van der Waals surface area (Å²) in [6, 6.07) is 22.3. The molecule has 24 heavy (non-hydrogen) atoms. The number of nitrogens with zero attached hydrogens (tertiary/aromatic N) is 2. The second-order valence-electron chi connectivity index (χ2n) is 4.93. The molecular weight excluding hydrogens is 343 g/mol. The molecule has 4 nitrogen and oxygen atoms in total. The van der Waals surface area contributed by atoms with Gasteiger partial charge in [0.15, 0.2) is 0 Å². The molecule has 0 aliphatic carbocycles. The Kier molecular flexibility index (Phi) is 5.31. The third-order valence-corrected chi connectivity index (χ3v) is 3.86. The van der Waals surface area contributed by atoms with Gasteiger partial charge in [-0.25, -0.2) is 0 Å². The molecule has 0 saturated carbocycles. The van der Waals surface area contributed by atoms with Gasteiger partial charge in [0.2, 0.25) is 0 Å². The maximum absolute atomic E-state index is 6.09. The molecule has 2 N–H and O–H groups in total. The summed E-state index contributed by atoms with van der Waals surface area (Å²) in [5.41, 5.74) is 9.21. The predicted octanol–water partition coefficient (Wildman–Crippen LogP) is 6.85. The maximum atomic E-state index is 6.09. The van der Waals surface area contributed by atoms with E-state index in [-0.39, 0.29) is 0 Å². The lowest BCUT2D eigenvalue weighted by atomic mass is 10.3. The molecule has 0 amide bonds. The average Bonchev–Trinajstić information content (AvgIpc) is 2.61. The summed E-state index contributed by atoms with van der Waals surface area (Å²) < 4.78 is 0. The molecule has 0 spiro atoms. The fraction of sp³-hybridized carbons (Fsp3) is 0. The van der Waals surface area contributed by atoms with E-state index in [2.05, 4.69) is 21.1 Å². The van der Waals surface area contributed by atoms with Gasteiger partial charge in [0.25, 0.3) is 0 Å². The highest BCUT2D eigenvalue weighted by atomic mass is 35.5. The van der Waals surface area contributed by atoms with Crippen molar-refractivity contribution in [3.05, 3.63) is 82.8 Å². The number of azo groups is 1. The van der Waals surface area contributed by atoms with Crippen LogP contribution >= 0.6 is 23.2 Å². The zero-order valence-corrected chi connectivity index (χ0v) is 14.1. The summed E-state index contributed by atoms with van der Waals surface area (Å²) in [5, 5.41) is 9.55. The highest BCUT2D eigenvalue weighted by molar-refractivity contribution is 6.33. The van der Waals surface area contributed by atoms with Crippen molar-refractivity contribution in [2.75, 3.05) is 10.9 Å². The van der Waals surface area contributed by atoms with Crippen molar-refractivity contribution < 1.29 is 0 Å². The van der Waals surface area contributed by atoms with Gasteiger partial charge >= 0.3 is 0 Å². The number of hydrogen-bond acceptors (Lipinski definition) is 4. The second kappa shape index (κ2) is 7.81. The standard InChI is InChI=1S/C18H14Cl2N4/c19-15-5-1-3-7-17(15)23-21-13-9-11-14(12-10-13)22-24-18-8-4-2-6-16(18)20/h1-12,21,23H. The number of para-hydroxylation sites is 1. The largest absolute Gasteiger partial charge is 0.301 e. The smallest absolute Gasteiger partial charge is 0.104 e. The van der Waals surface area contributed by atoms with E-state index in [9.17, 15) is 0 Å². The highest BCUT2D eigenvalue weighted by Gasteiger charge is 1.99. The zero-order chi connectivity index (χ0) is 16.8. The molecule has 0 aromatic heterocycles. The molecule has 3 rings (SSSR count). The van der Waals surface area contributed by atoms with Crippen LogP contribution in [0.4, 0.5) is 22.7 Å². The average molecular weight is 357 g/mol. The molecule has 0 fully saturated rings. The molecule has 0 radical (unpaired) electrons. The summed E-state index contributed by atoms with van der Waals surface area (Å²) in [4.78, 5) is 0. The fourth-order valence-electron chi connectivity index (χ4n) is 1.96. The predicted molar refractivity (Wildman–Crippen MR) is 101 cm³/mol. The molecular formula is C18H14Cl2N4. The van der Waals surface area contributed by atoms with E-state index in [0.717, 1.165) is 17.1 Å². The summed E-state index contributed by atoms with van der Waals surface area (Å²) in [5.74, 6) is 0. The monoisotopic (exact) mass is 356 g/mol. The Morgan fingerprint density at radius 3 is 2.00 bits per heavy atom. The van der Waals surface area contributed by atoms with Gasteiger partial charge in [-0.05, 0) is 48.5 Å². The first-order valence-electron chi connectivity index (χ1n) is 7.25. The van der Waals surface area contributed by atoms with Gasteiger partial charge in [0.05, 0.1) is 27.1 Å². The van der Waals surface area contributed by atoms with Crippen LogP contribution < -0.4 is 10.9 Å². The summed E-state index contributed by atoms with van der Waals surface area (Å²) in [7, 11) is 0. The molecule has 3 aromatic carbocycles. The SMILES string of the molecule is Clc1ccccc1N=Nc1ccc(NNc2ccccc2Cl)cc1. The third kappa shape index (κ3) is 4.25. The lowest BCUT2D eigenvalue weighted by molar-refractivity contribution is 1.23. The number of anilines is 2.